The molecule has 1 amide bonds. The maximum Gasteiger partial charge on any atom is 0.254 e. The molecule has 0 saturated heterocycles. The highest BCUT2D eigenvalue weighted by Crippen LogP contribution is 2.29. The van der Waals surface area contributed by atoms with Crippen molar-refractivity contribution in [2.45, 2.75) is 13.0 Å². The number of phenolic OH excluding ortho intramolecular Hbond substituents is 2. The number of benzene rings is 2. The molecule has 1 aromatic heterocycles. The van der Waals surface area contributed by atoms with Crippen LogP contribution >= 0.6 is 0 Å². The van der Waals surface area contributed by atoms with E-state index >= 15 is 0 Å². The normalized spacial score (nSPS) is 14.0. The van der Waals surface area contributed by atoms with Crippen molar-refractivity contribution in [3.05, 3.63) is 59.3 Å². The van der Waals surface area contributed by atoms with Gasteiger partial charge >= 0.3 is 0 Å². The van der Waals surface area contributed by atoms with Crippen LogP contribution in [0.15, 0.2) is 42.5 Å². The summed E-state index contributed by atoms with van der Waals surface area (Å²) >= 11 is 0. The molecule has 4 rings (SSSR count). The lowest BCUT2D eigenvalue weighted by molar-refractivity contribution is 0.0732. The summed E-state index contributed by atoms with van der Waals surface area (Å²) in [7, 11) is 0. The lowest BCUT2D eigenvalue weighted by Gasteiger charge is -2.27. The molecule has 2 aromatic carbocycles. The van der Waals surface area contributed by atoms with Crippen LogP contribution in [0.1, 0.15) is 21.6 Å². The van der Waals surface area contributed by atoms with Crippen molar-refractivity contribution in [3.63, 3.8) is 0 Å². The van der Waals surface area contributed by atoms with Gasteiger partial charge in [0.1, 0.15) is 11.5 Å². The van der Waals surface area contributed by atoms with Crippen molar-refractivity contribution in [1.82, 2.24) is 9.88 Å². The third-order valence-electron chi connectivity index (χ3n) is 4.32. The van der Waals surface area contributed by atoms with E-state index in [0.29, 0.717) is 18.7 Å². The highest BCUT2D eigenvalue weighted by atomic mass is 16.3. The van der Waals surface area contributed by atoms with Crippen LogP contribution < -0.4 is 0 Å². The van der Waals surface area contributed by atoms with Crippen molar-refractivity contribution in [2.75, 3.05) is 6.54 Å². The number of nitrogens with one attached hydrogen (secondary N) is 1. The average molecular weight is 308 g/mol. The van der Waals surface area contributed by atoms with E-state index in [1.54, 1.807) is 4.90 Å². The number of hydrogen-bond acceptors (Lipinski definition) is 3. The van der Waals surface area contributed by atoms with Crippen LogP contribution in [0.3, 0.4) is 0 Å². The fourth-order valence-electron chi connectivity index (χ4n) is 3.27. The van der Waals surface area contributed by atoms with Crippen LogP contribution in [0.2, 0.25) is 0 Å². The minimum Gasteiger partial charge on any atom is -0.508 e. The van der Waals surface area contributed by atoms with Crippen molar-refractivity contribution in [1.29, 1.82) is 0 Å². The van der Waals surface area contributed by atoms with Gasteiger partial charge in [0.25, 0.3) is 5.91 Å². The van der Waals surface area contributed by atoms with Crippen molar-refractivity contribution in [3.8, 4) is 11.5 Å². The number of H-pyrrole nitrogens is 1. The third-order valence-corrected chi connectivity index (χ3v) is 4.32. The van der Waals surface area contributed by atoms with E-state index in [-0.39, 0.29) is 17.4 Å². The predicted octanol–water partition coefficient (Wildman–Crippen LogP) is 2.78. The molecule has 23 heavy (non-hydrogen) atoms. The number of amides is 1. The highest BCUT2D eigenvalue weighted by molar-refractivity contribution is 5.95. The van der Waals surface area contributed by atoms with E-state index < -0.39 is 0 Å². The van der Waals surface area contributed by atoms with Gasteiger partial charge in [0.15, 0.2) is 0 Å². The summed E-state index contributed by atoms with van der Waals surface area (Å²) < 4.78 is 0. The molecule has 0 radical (unpaired) electrons. The minimum atomic E-state index is -0.194. The van der Waals surface area contributed by atoms with E-state index in [2.05, 4.69) is 11.1 Å². The summed E-state index contributed by atoms with van der Waals surface area (Å²) in [5.74, 6) is -0.422. The molecule has 5 heteroatoms. The van der Waals surface area contributed by atoms with Crippen molar-refractivity contribution in [2.24, 2.45) is 0 Å². The van der Waals surface area contributed by atoms with E-state index in [0.717, 1.165) is 17.6 Å². The van der Waals surface area contributed by atoms with Gasteiger partial charge in [0.05, 0.1) is 6.54 Å². The number of carbonyl (C=O) groups is 1. The summed E-state index contributed by atoms with van der Waals surface area (Å²) in [5, 5.41) is 20.3. The van der Waals surface area contributed by atoms with Crippen LogP contribution in [0.4, 0.5) is 0 Å². The number of aromatic nitrogens is 1. The Labute approximate surface area is 132 Å². The second-order valence-corrected chi connectivity index (χ2v) is 5.84. The third kappa shape index (κ3) is 2.30. The summed E-state index contributed by atoms with van der Waals surface area (Å²) in [6, 6.07) is 12.1. The first kappa shape index (κ1) is 13.7. The number of carbonyl (C=O) groups excluding carboxylic acids is 1. The molecule has 3 N–H and O–H groups in total. The van der Waals surface area contributed by atoms with Gasteiger partial charge in [0, 0.05) is 34.8 Å². The Bertz CT molecular complexity index is 894. The Kier molecular flexibility index (Phi) is 3.01. The van der Waals surface area contributed by atoms with Gasteiger partial charge in [-0.05, 0) is 30.2 Å². The molecule has 2 heterocycles. The Hall–Kier alpha value is -2.95. The Morgan fingerprint density at radius 2 is 1.83 bits per heavy atom. The molecular formula is C18H16N2O3. The molecule has 1 aliphatic heterocycles. The predicted molar refractivity (Wildman–Crippen MR) is 86.5 cm³/mol. The SMILES string of the molecule is O=C(c1cc(O)cc(O)c1)N1CCc2c([nH]c3ccccc23)C1. The Morgan fingerprint density at radius 3 is 2.61 bits per heavy atom. The molecule has 0 aliphatic carbocycles. The first-order chi connectivity index (χ1) is 11.1. The first-order valence-electron chi connectivity index (χ1n) is 7.52. The fraction of sp³-hybridized carbons (Fsp3) is 0.167. The molecule has 1 aliphatic rings. The monoisotopic (exact) mass is 308 g/mol. The molecule has 0 unspecified atom stereocenters. The van der Waals surface area contributed by atoms with Gasteiger partial charge in [0.2, 0.25) is 0 Å². The smallest absolute Gasteiger partial charge is 0.254 e. The van der Waals surface area contributed by atoms with Crippen molar-refractivity contribution >= 4 is 16.8 Å². The number of aromatic amines is 1. The summed E-state index contributed by atoms with van der Waals surface area (Å²) in [6.07, 6.45) is 0.788. The largest absolute Gasteiger partial charge is 0.508 e. The maximum absolute atomic E-state index is 12.6. The Balaban J connectivity index is 1.66. The fourth-order valence-corrected chi connectivity index (χ4v) is 3.27. The number of rotatable bonds is 1. The zero-order valence-corrected chi connectivity index (χ0v) is 12.4. The summed E-state index contributed by atoms with van der Waals surface area (Å²) in [5.41, 5.74) is 3.70. The van der Waals surface area contributed by atoms with Gasteiger partial charge in [-0.1, -0.05) is 18.2 Å². The second-order valence-electron chi connectivity index (χ2n) is 5.84. The summed E-state index contributed by atoms with van der Waals surface area (Å²) in [6.45, 7) is 1.11. The zero-order chi connectivity index (χ0) is 16.0. The molecule has 0 atom stereocenters. The number of para-hydroxylation sites is 1. The second kappa shape index (κ2) is 5.05. The van der Waals surface area contributed by atoms with Gasteiger partial charge < -0.3 is 20.1 Å². The molecular weight excluding hydrogens is 292 g/mol. The minimum absolute atomic E-state index is 0.114. The molecule has 0 saturated carbocycles. The number of fused-ring (bicyclic) bond motifs is 3. The average Bonchev–Trinajstić information content (AvgIpc) is 2.90. The number of phenols is 2. The van der Waals surface area contributed by atoms with Gasteiger partial charge in [-0.2, -0.15) is 0 Å². The topological polar surface area (TPSA) is 76.6 Å². The maximum atomic E-state index is 12.6. The Morgan fingerprint density at radius 1 is 1.09 bits per heavy atom. The molecule has 116 valence electrons. The van der Waals surface area contributed by atoms with Gasteiger partial charge in [-0.3, -0.25) is 4.79 Å². The lowest BCUT2D eigenvalue weighted by atomic mass is 10.0. The number of hydrogen-bond donors (Lipinski definition) is 3. The molecule has 5 nitrogen and oxygen atoms in total. The van der Waals surface area contributed by atoms with Crippen molar-refractivity contribution < 1.29 is 15.0 Å². The lowest BCUT2D eigenvalue weighted by Crippen LogP contribution is -2.35. The van der Waals surface area contributed by atoms with Gasteiger partial charge in [-0.15, -0.1) is 0 Å². The number of aromatic hydroxyl groups is 2. The molecule has 3 aromatic rings. The van der Waals surface area contributed by atoms with Crippen LogP contribution in [0, 0.1) is 0 Å². The summed E-state index contributed by atoms with van der Waals surface area (Å²) in [4.78, 5) is 17.7. The molecule has 0 spiro atoms. The van der Waals surface area contributed by atoms with E-state index in [1.165, 1.54) is 29.1 Å². The van der Waals surface area contributed by atoms with E-state index in [1.807, 2.05) is 18.2 Å². The van der Waals surface area contributed by atoms with E-state index in [4.69, 9.17) is 0 Å². The number of nitrogens with zero attached hydrogens (tertiary/aromatic N) is 1. The van der Waals surface area contributed by atoms with Crippen LogP contribution in [0.5, 0.6) is 11.5 Å². The van der Waals surface area contributed by atoms with E-state index in [9.17, 15) is 15.0 Å². The molecule has 0 bridgehead atoms. The highest BCUT2D eigenvalue weighted by Gasteiger charge is 2.25. The standard InChI is InChI=1S/C18H16N2O3/c21-12-7-11(8-13(22)9-12)18(23)20-6-5-15-14-3-1-2-4-16(14)19-17(15)10-20/h1-4,7-9,19,21-22H,5-6,10H2. The van der Waals surface area contributed by atoms with Crippen LogP contribution in [-0.4, -0.2) is 32.5 Å². The van der Waals surface area contributed by atoms with Crippen LogP contribution in [0.25, 0.3) is 10.9 Å². The van der Waals surface area contributed by atoms with Gasteiger partial charge in [-0.25, -0.2) is 0 Å². The first-order valence-corrected chi connectivity index (χ1v) is 7.52. The molecule has 0 fully saturated rings. The quantitative estimate of drug-likeness (QED) is 0.647. The van der Waals surface area contributed by atoms with Crippen LogP contribution in [-0.2, 0) is 13.0 Å². The zero-order valence-electron chi connectivity index (χ0n) is 12.4.